The van der Waals surface area contributed by atoms with Gasteiger partial charge in [0.05, 0.1) is 0 Å². The van der Waals surface area contributed by atoms with Crippen LogP contribution >= 0.6 is 27.7 Å². The van der Waals surface area contributed by atoms with E-state index in [0.717, 1.165) is 17.6 Å². The van der Waals surface area contributed by atoms with E-state index in [9.17, 15) is 0 Å². The zero-order valence-electron chi connectivity index (χ0n) is 12.8. The Morgan fingerprint density at radius 1 is 1.10 bits per heavy atom. The average Bonchev–Trinajstić information content (AvgIpc) is 2.43. The maximum Gasteiger partial charge on any atom is 0.0216 e. The van der Waals surface area contributed by atoms with Gasteiger partial charge in [0.1, 0.15) is 0 Å². The Morgan fingerprint density at radius 2 is 1.86 bits per heavy atom. The van der Waals surface area contributed by atoms with E-state index in [1.165, 1.54) is 20.9 Å². The van der Waals surface area contributed by atoms with Crippen LogP contribution in [-0.2, 0) is 6.54 Å². The molecule has 2 rings (SSSR count). The molecule has 0 heterocycles. The van der Waals surface area contributed by atoms with Crippen molar-refractivity contribution in [2.24, 2.45) is 5.92 Å². The first-order chi connectivity index (χ1) is 10.1. The molecule has 0 aliphatic rings. The number of hydrogen-bond donors (Lipinski definition) is 1. The van der Waals surface area contributed by atoms with Crippen LogP contribution in [0.2, 0.25) is 0 Å². The zero-order chi connectivity index (χ0) is 15.2. The topological polar surface area (TPSA) is 12.0 Å². The van der Waals surface area contributed by atoms with E-state index in [1.807, 2.05) is 11.8 Å². The number of aryl methyl sites for hydroxylation is 1. The number of rotatable bonds is 6. The van der Waals surface area contributed by atoms with Crippen LogP contribution in [0, 0.1) is 12.8 Å². The molecule has 0 amide bonds. The standard InChI is InChI=1S/C18H22BrNS/c1-13(2)11-20-12-15-8-9-16(19)10-18(15)21-17-7-5-4-6-14(17)3/h4-10,13,20H,11-12H2,1-3H3. The lowest BCUT2D eigenvalue weighted by molar-refractivity contribution is 0.550. The normalized spacial score (nSPS) is 11.1. The quantitative estimate of drug-likeness (QED) is 0.710. The molecule has 0 aliphatic heterocycles. The minimum absolute atomic E-state index is 0.674. The van der Waals surface area contributed by atoms with Crippen LogP contribution < -0.4 is 5.32 Å². The van der Waals surface area contributed by atoms with Gasteiger partial charge in [-0.3, -0.25) is 0 Å². The van der Waals surface area contributed by atoms with Crippen LogP contribution in [0.4, 0.5) is 0 Å². The second-order valence-corrected chi connectivity index (χ2v) is 7.64. The zero-order valence-corrected chi connectivity index (χ0v) is 15.2. The number of halogens is 1. The summed E-state index contributed by atoms with van der Waals surface area (Å²) in [6.45, 7) is 8.59. The molecule has 21 heavy (non-hydrogen) atoms. The van der Waals surface area contributed by atoms with Gasteiger partial charge in [0.15, 0.2) is 0 Å². The summed E-state index contributed by atoms with van der Waals surface area (Å²) in [6, 6.07) is 15.1. The fourth-order valence-electron chi connectivity index (χ4n) is 2.05. The van der Waals surface area contributed by atoms with Gasteiger partial charge in [-0.05, 0) is 48.7 Å². The molecule has 0 aliphatic carbocycles. The van der Waals surface area contributed by atoms with Crippen LogP contribution in [0.25, 0.3) is 0 Å². The maximum absolute atomic E-state index is 3.59. The van der Waals surface area contributed by atoms with Crippen molar-refractivity contribution in [2.75, 3.05) is 6.54 Å². The molecule has 0 atom stereocenters. The summed E-state index contributed by atoms with van der Waals surface area (Å²) >= 11 is 5.43. The lowest BCUT2D eigenvalue weighted by Crippen LogP contribution is -2.19. The molecule has 0 unspecified atom stereocenters. The summed E-state index contributed by atoms with van der Waals surface area (Å²) in [4.78, 5) is 2.63. The van der Waals surface area contributed by atoms with Gasteiger partial charge < -0.3 is 5.32 Å². The second-order valence-electron chi connectivity index (χ2n) is 5.64. The van der Waals surface area contributed by atoms with Crippen molar-refractivity contribution < 1.29 is 0 Å². The Labute approximate surface area is 140 Å². The van der Waals surface area contributed by atoms with Gasteiger partial charge in [-0.1, -0.05) is 65.8 Å². The van der Waals surface area contributed by atoms with Crippen molar-refractivity contribution in [3.8, 4) is 0 Å². The minimum atomic E-state index is 0.674. The fraction of sp³-hybridized carbons (Fsp3) is 0.333. The molecule has 0 radical (unpaired) electrons. The van der Waals surface area contributed by atoms with E-state index < -0.39 is 0 Å². The van der Waals surface area contributed by atoms with Gasteiger partial charge in [0, 0.05) is 20.8 Å². The predicted octanol–water partition coefficient (Wildman–Crippen LogP) is 5.65. The predicted molar refractivity (Wildman–Crippen MR) is 96.0 cm³/mol. The lowest BCUT2D eigenvalue weighted by atomic mass is 10.2. The van der Waals surface area contributed by atoms with Gasteiger partial charge in [0.2, 0.25) is 0 Å². The van der Waals surface area contributed by atoms with Gasteiger partial charge in [-0.15, -0.1) is 0 Å². The third-order valence-electron chi connectivity index (χ3n) is 3.21. The summed E-state index contributed by atoms with van der Waals surface area (Å²) in [6.07, 6.45) is 0. The molecule has 0 saturated carbocycles. The summed E-state index contributed by atoms with van der Waals surface area (Å²) in [7, 11) is 0. The molecular weight excluding hydrogens is 342 g/mol. The van der Waals surface area contributed by atoms with Crippen molar-refractivity contribution >= 4 is 27.7 Å². The summed E-state index contributed by atoms with van der Waals surface area (Å²) < 4.78 is 1.13. The highest BCUT2D eigenvalue weighted by Gasteiger charge is 2.07. The Hall–Kier alpha value is -0.770. The highest BCUT2D eigenvalue weighted by atomic mass is 79.9. The first kappa shape index (κ1) is 16.6. The molecule has 112 valence electrons. The summed E-state index contributed by atoms with van der Waals surface area (Å²) in [5.41, 5.74) is 2.68. The van der Waals surface area contributed by atoms with E-state index in [0.29, 0.717) is 5.92 Å². The van der Waals surface area contributed by atoms with Crippen molar-refractivity contribution in [3.63, 3.8) is 0 Å². The van der Waals surface area contributed by atoms with Gasteiger partial charge >= 0.3 is 0 Å². The van der Waals surface area contributed by atoms with E-state index >= 15 is 0 Å². The van der Waals surface area contributed by atoms with Crippen LogP contribution in [-0.4, -0.2) is 6.54 Å². The molecule has 0 aromatic heterocycles. The number of nitrogens with one attached hydrogen (secondary N) is 1. The second kappa shape index (κ2) is 8.02. The van der Waals surface area contributed by atoms with E-state index in [2.05, 4.69) is 84.5 Å². The van der Waals surface area contributed by atoms with Crippen LogP contribution in [0.5, 0.6) is 0 Å². The number of hydrogen-bond acceptors (Lipinski definition) is 2. The van der Waals surface area contributed by atoms with Crippen LogP contribution in [0.15, 0.2) is 56.7 Å². The van der Waals surface area contributed by atoms with Crippen molar-refractivity contribution in [2.45, 2.75) is 37.1 Å². The van der Waals surface area contributed by atoms with Crippen molar-refractivity contribution in [3.05, 3.63) is 58.1 Å². The minimum Gasteiger partial charge on any atom is -0.312 e. The SMILES string of the molecule is Cc1ccccc1Sc1cc(Br)ccc1CNCC(C)C. The maximum atomic E-state index is 3.59. The highest BCUT2D eigenvalue weighted by Crippen LogP contribution is 2.34. The Balaban J connectivity index is 2.17. The molecule has 0 spiro atoms. The largest absolute Gasteiger partial charge is 0.312 e. The Morgan fingerprint density at radius 3 is 2.57 bits per heavy atom. The molecule has 2 aromatic rings. The number of benzene rings is 2. The molecular formula is C18H22BrNS. The van der Waals surface area contributed by atoms with Crippen LogP contribution in [0.3, 0.4) is 0 Å². The van der Waals surface area contributed by atoms with E-state index in [4.69, 9.17) is 0 Å². The van der Waals surface area contributed by atoms with E-state index in [1.54, 1.807) is 0 Å². The lowest BCUT2D eigenvalue weighted by Gasteiger charge is -2.13. The molecule has 0 fully saturated rings. The third-order valence-corrected chi connectivity index (χ3v) is 4.98. The Bertz CT molecular complexity index is 596. The smallest absolute Gasteiger partial charge is 0.0216 e. The van der Waals surface area contributed by atoms with Crippen LogP contribution in [0.1, 0.15) is 25.0 Å². The summed E-state index contributed by atoms with van der Waals surface area (Å²) in [5.74, 6) is 0.674. The molecule has 0 saturated heterocycles. The highest BCUT2D eigenvalue weighted by molar-refractivity contribution is 9.10. The Kier molecular flexibility index (Phi) is 6.34. The third kappa shape index (κ3) is 5.17. The molecule has 0 bridgehead atoms. The molecule has 1 nitrogen and oxygen atoms in total. The average molecular weight is 364 g/mol. The fourth-order valence-corrected chi connectivity index (χ4v) is 3.64. The monoisotopic (exact) mass is 363 g/mol. The molecule has 1 N–H and O–H groups in total. The first-order valence-electron chi connectivity index (χ1n) is 7.29. The van der Waals surface area contributed by atoms with Crippen molar-refractivity contribution in [1.29, 1.82) is 0 Å². The van der Waals surface area contributed by atoms with Gasteiger partial charge in [-0.2, -0.15) is 0 Å². The molecule has 3 heteroatoms. The first-order valence-corrected chi connectivity index (χ1v) is 8.90. The van der Waals surface area contributed by atoms with Gasteiger partial charge in [0.25, 0.3) is 0 Å². The van der Waals surface area contributed by atoms with Crippen molar-refractivity contribution in [1.82, 2.24) is 5.32 Å². The van der Waals surface area contributed by atoms with Gasteiger partial charge in [-0.25, -0.2) is 0 Å². The van der Waals surface area contributed by atoms with E-state index in [-0.39, 0.29) is 0 Å². The summed E-state index contributed by atoms with van der Waals surface area (Å²) in [5, 5.41) is 3.53. The molecule has 2 aromatic carbocycles.